The lowest BCUT2D eigenvalue weighted by Gasteiger charge is -2.12. The SMILES string of the molecule is CC.CCCNC(CC)CC.CNCc1ccc(CN)cc1. The van der Waals surface area contributed by atoms with Crippen molar-refractivity contribution in [3.8, 4) is 0 Å². The molecule has 0 fully saturated rings. The Hall–Kier alpha value is -0.900. The molecule has 3 nitrogen and oxygen atoms in total. The van der Waals surface area contributed by atoms with E-state index in [1.54, 1.807) is 0 Å². The van der Waals surface area contributed by atoms with Crippen LogP contribution in [0.4, 0.5) is 0 Å². The van der Waals surface area contributed by atoms with Gasteiger partial charge in [-0.05, 0) is 44.0 Å². The first-order valence-electron chi connectivity index (χ1n) is 8.87. The largest absolute Gasteiger partial charge is 0.326 e. The molecule has 1 aromatic rings. The molecule has 0 bridgehead atoms. The van der Waals surface area contributed by atoms with E-state index in [4.69, 9.17) is 5.73 Å². The summed E-state index contributed by atoms with van der Waals surface area (Å²) in [5.74, 6) is 0. The summed E-state index contributed by atoms with van der Waals surface area (Å²) in [6.45, 7) is 13.4. The topological polar surface area (TPSA) is 50.1 Å². The van der Waals surface area contributed by atoms with E-state index in [-0.39, 0.29) is 0 Å². The van der Waals surface area contributed by atoms with E-state index in [1.165, 1.54) is 36.9 Å². The van der Waals surface area contributed by atoms with Crippen molar-refractivity contribution >= 4 is 0 Å². The Labute approximate surface area is 139 Å². The molecule has 0 aliphatic rings. The number of benzene rings is 1. The van der Waals surface area contributed by atoms with Crippen LogP contribution in [0.3, 0.4) is 0 Å². The van der Waals surface area contributed by atoms with Gasteiger partial charge < -0.3 is 16.4 Å². The van der Waals surface area contributed by atoms with E-state index in [9.17, 15) is 0 Å². The minimum atomic E-state index is 0.625. The molecule has 0 heterocycles. The Morgan fingerprint density at radius 1 is 0.955 bits per heavy atom. The summed E-state index contributed by atoms with van der Waals surface area (Å²) < 4.78 is 0. The number of nitrogens with two attached hydrogens (primary N) is 1. The Morgan fingerprint density at radius 3 is 1.82 bits per heavy atom. The summed E-state index contributed by atoms with van der Waals surface area (Å²) in [6.07, 6.45) is 3.77. The Bertz CT molecular complexity index is 305. The summed E-state index contributed by atoms with van der Waals surface area (Å²) in [7, 11) is 1.94. The number of hydrogen-bond donors (Lipinski definition) is 3. The Balaban J connectivity index is 0. The van der Waals surface area contributed by atoms with Crippen LogP contribution in [0.1, 0.15) is 65.0 Å². The van der Waals surface area contributed by atoms with Gasteiger partial charge in [-0.1, -0.05) is 58.9 Å². The van der Waals surface area contributed by atoms with Crippen LogP contribution in [0.25, 0.3) is 0 Å². The van der Waals surface area contributed by atoms with E-state index < -0.39 is 0 Å². The minimum absolute atomic E-state index is 0.625. The average molecular weight is 310 g/mol. The molecule has 4 N–H and O–H groups in total. The van der Waals surface area contributed by atoms with Gasteiger partial charge in [-0.2, -0.15) is 0 Å². The highest BCUT2D eigenvalue weighted by molar-refractivity contribution is 5.22. The number of hydrogen-bond acceptors (Lipinski definition) is 3. The third-order valence-corrected chi connectivity index (χ3v) is 3.31. The van der Waals surface area contributed by atoms with Crippen LogP contribution in [0, 0.1) is 0 Å². The van der Waals surface area contributed by atoms with Gasteiger partial charge in [0, 0.05) is 19.1 Å². The second-order valence-corrected chi connectivity index (χ2v) is 5.02. The standard InChI is InChI=1S/C9H14N2.C8H19N.C2H6/c1-11-7-9-4-2-8(6-10)3-5-9;1-4-7-9-8(5-2)6-3;1-2/h2-5,11H,6-7,10H2,1H3;8-9H,4-7H2,1-3H3;1-2H3. The zero-order chi connectivity index (χ0) is 17.2. The second-order valence-electron chi connectivity index (χ2n) is 5.02. The molecule has 0 aromatic heterocycles. The maximum absolute atomic E-state index is 5.46. The molecule has 0 radical (unpaired) electrons. The highest BCUT2D eigenvalue weighted by atomic mass is 14.9. The van der Waals surface area contributed by atoms with Gasteiger partial charge in [-0.3, -0.25) is 0 Å². The van der Waals surface area contributed by atoms with Crippen molar-refractivity contribution < 1.29 is 0 Å². The molecule has 0 unspecified atom stereocenters. The van der Waals surface area contributed by atoms with Crippen LogP contribution in [0.2, 0.25) is 0 Å². The predicted molar refractivity (Wildman–Crippen MR) is 101 cm³/mol. The molecule has 1 rings (SSSR count). The Kier molecular flexibility index (Phi) is 19.3. The van der Waals surface area contributed by atoms with Crippen LogP contribution >= 0.6 is 0 Å². The van der Waals surface area contributed by atoms with Crippen LogP contribution in [-0.2, 0) is 13.1 Å². The van der Waals surface area contributed by atoms with Crippen molar-refractivity contribution in [3.63, 3.8) is 0 Å². The molecule has 0 aliphatic heterocycles. The van der Waals surface area contributed by atoms with Crippen molar-refractivity contribution in [2.75, 3.05) is 13.6 Å². The highest BCUT2D eigenvalue weighted by Gasteiger charge is 1.98. The molecule has 0 aliphatic carbocycles. The molecule has 0 atom stereocenters. The lowest BCUT2D eigenvalue weighted by atomic mass is 10.1. The molecule has 0 saturated carbocycles. The molecule has 130 valence electrons. The molecule has 0 saturated heterocycles. The smallest absolute Gasteiger partial charge is 0.0202 e. The van der Waals surface area contributed by atoms with Crippen LogP contribution < -0.4 is 16.4 Å². The van der Waals surface area contributed by atoms with E-state index in [0.717, 1.165) is 12.6 Å². The van der Waals surface area contributed by atoms with Crippen molar-refractivity contribution in [2.24, 2.45) is 5.73 Å². The fourth-order valence-corrected chi connectivity index (χ4v) is 1.92. The maximum Gasteiger partial charge on any atom is 0.0202 e. The van der Waals surface area contributed by atoms with Gasteiger partial charge in [-0.25, -0.2) is 0 Å². The molecular formula is C19H39N3. The summed E-state index contributed by atoms with van der Waals surface area (Å²) in [6, 6.07) is 9.07. The molecule has 22 heavy (non-hydrogen) atoms. The zero-order valence-electron chi connectivity index (χ0n) is 15.7. The van der Waals surface area contributed by atoms with Gasteiger partial charge in [0.25, 0.3) is 0 Å². The minimum Gasteiger partial charge on any atom is -0.326 e. The molecule has 3 heteroatoms. The zero-order valence-corrected chi connectivity index (χ0v) is 15.7. The number of rotatable bonds is 8. The molecule has 0 amide bonds. The lowest BCUT2D eigenvalue weighted by Crippen LogP contribution is -2.27. The molecular weight excluding hydrogens is 270 g/mol. The average Bonchev–Trinajstić information content (AvgIpc) is 2.59. The molecule has 0 spiro atoms. The van der Waals surface area contributed by atoms with Crippen LogP contribution in [0.15, 0.2) is 24.3 Å². The fourth-order valence-electron chi connectivity index (χ4n) is 1.92. The Morgan fingerprint density at radius 2 is 1.45 bits per heavy atom. The summed E-state index contributed by atoms with van der Waals surface area (Å²) in [4.78, 5) is 0. The van der Waals surface area contributed by atoms with E-state index in [0.29, 0.717) is 6.54 Å². The monoisotopic (exact) mass is 309 g/mol. The van der Waals surface area contributed by atoms with E-state index in [2.05, 4.69) is 55.7 Å². The summed E-state index contributed by atoms with van der Waals surface area (Å²) >= 11 is 0. The van der Waals surface area contributed by atoms with Gasteiger partial charge in [0.2, 0.25) is 0 Å². The third-order valence-electron chi connectivity index (χ3n) is 3.31. The quantitative estimate of drug-likeness (QED) is 0.678. The van der Waals surface area contributed by atoms with Crippen molar-refractivity contribution in [2.45, 2.75) is 73.0 Å². The third kappa shape index (κ3) is 12.8. The first kappa shape index (κ1) is 23.4. The fraction of sp³-hybridized carbons (Fsp3) is 0.684. The summed E-state index contributed by atoms with van der Waals surface area (Å²) in [5.41, 5.74) is 7.94. The van der Waals surface area contributed by atoms with Gasteiger partial charge in [0.05, 0.1) is 0 Å². The van der Waals surface area contributed by atoms with E-state index >= 15 is 0 Å². The van der Waals surface area contributed by atoms with Crippen LogP contribution in [0.5, 0.6) is 0 Å². The lowest BCUT2D eigenvalue weighted by molar-refractivity contribution is 0.485. The molecule has 1 aromatic carbocycles. The van der Waals surface area contributed by atoms with Gasteiger partial charge in [-0.15, -0.1) is 0 Å². The van der Waals surface area contributed by atoms with Gasteiger partial charge in [0.1, 0.15) is 0 Å². The maximum atomic E-state index is 5.46. The first-order chi connectivity index (χ1) is 10.7. The van der Waals surface area contributed by atoms with Gasteiger partial charge in [0.15, 0.2) is 0 Å². The van der Waals surface area contributed by atoms with Crippen molar-refractivity contribution in [1.82, 2.24) is 10.6 Å². The number of nitrogens with one attached hydrogen (secondary N) is 2. The summed E-state index contributed by atoms with van der Waals surface area (Å²) in [5, 5.41) is 6.56. The van der Waals surface area contributed by atoms with Gasteiger partial charge >= 0.3 is 0 Å². The predicted octanol–water partition coefficient (Wildman–Crippen LogP) is 4.07. The highest BCUT2D eigenvalue weighted by Crippen LogP contribution is 2.02. The normalized spacial score (nSPS) is 9.64. The van der Waals surface area contributed by atoms with Crippen LogP contribution in [-0.4, -0.2) is 19.6 Å². The van der Waals surface area contributed by atoms with E-state index in [1.807, 2.05) is 20.9 Å². The second kappa shape index (κ2) is 18.1. The van der Waals surface area contributed by atoms with Crippen molar-refractivity contribution in [3.05, 3.63) is 35.4 Å². The first-order valence-corrected chi connectivity index (χ1v) is 8.87. The van der Waals surface area contributed by atoms with Crippen molar-refractivity contribution in [1.29, 1.82) is 0 Å².